The maximum Gasteiger partial charge on any atom is 0.309 e. The molecule has 1 fully saturated rings. The molecule has 234 valence electrons. The minimum absolute atomic E-state index is 0.0811. The number of hydrogen-bond donors (Lipinski definition) is 6. The average Bonchev–Trinajstić information content (AvgIpc) is 3.68. The second-order valence-corrected chi connectivity index (χ2v) is 13.1. The summed E-state index contributed by atoms with van der Waals surface area (Å²) in [5.41, 5.74) is 2.39. The number of aliphatic hydroxyl groups excluding tert-OH is 2. The van der Waals surface area contributed by atoms with Crippen LogP contribution in [-0.4, -0.2) is 54.2 Å². The van der Waals surface area contributed by atoms with Gasteiger partial charge in [0.05, 0.1) is 23.7 Å². The normalized spacial score (nSPS) is 21.3. The van der Waals surface area contributed by atoms with E-state index in [-0.39, 0.29) is 12.0 Å². The van der Waals surface area contributed by atoms with E-state index in [1.165, 1.54) is 31.1 Å². The summed E-state index contributed by atoms with van der Waals surface area (Å²) in [5.74, 6) is -1.68. The second kappa shape index (κ2) is 15.9. The Morgan fingerprint density at radius 2 is 1.64 bits per heavy atom. The third-order valence-corrected chi connectivity index (χ3v) is 9.83. The summed E-state index contributed by atoms with van der Waals surface area (Å²) < 4.78 is 0. The molecule has 0 radical (unpaired) electrons. The smallest absolute Gasteiger partial charge is 0.309 e. The Hall–Kier alpha value is -2.35. The number of aliphatic hydroxyl groups is 3. The third-order valence-electron chi connectivity index (χ3n) is 9.83. The van der Waals surface area contributed by atoms with Gasteiger partial charge in [-0.2, -0.15) is 0 Å². The number of carbonyl (C=O) groups is 1. The standard InChI is InChI=1S/C35H54N2O5/c1-2-3-4-5-8-13-29(38)14-9-6-7-10-15-30(34(40)41)33(39)16-19-35(42)18-11-12-27(35)23-28-22-26-21-25-17-20-36-31(25)24-32(26)37-28/h17,20-22,24,27,29-30,33,36-39,42H,2-16,18-19,23H2,1H3,(H,40,41). The minimum atomic E-state index is -0.960. The van der Waals surface area contributed by atoms with Crippen LogP contribution < -0.4 is 0 Å². The summed E-state index contributed by atoms with van der Waals surface area (Å²) in [7, 11) is 0. The van der Waals surface area contributed by atoms with E-state index in [2.05, 4.69) is 41.2 Å². The number of fused-ring (bicyclic) bond motifs is 2. The number of aromatic nitrogens is 2. The van der Waals surface area contributed by atoms with Crippen molar-refractivity contribution in [2.75, 3.05) is 0 Å². The fourth-order valence-corrected chi connectivity index (χ4v) is 7.17. The van der Waals surface area contributed by atoms with Gasteiger partial charge in [-0.15, -0.1) is 0 Å². The lowest BCUT2D eigenvalue weighted by Crippen LogP contribution is -2.37. The van der Waals surface area contributed by atoms with Crippen molar-refractivity contribution in [2.24, 2.45) is 11.8 Å². The van der Waals surface area contributed by atoms with Gasteiger partial charge < -0.3 is 30.4 Å². The van der Waals surface area contributed by atoms with Crippen molar-refractivity contribution >= 4 is 27.8 Å². The number of rotatable bonds is 20. The molecule has 42 heavy (non-hydrogen) atoms. The van der Waals surface area contributed by atoms with Crippen molar-refractivity contribution in [1.29, 1.82) is 0 Å². The summed E-state index contributed by atoms with van der Waals surface area (Å²) in [6, 6.07) is 8.53. The summed E-state index contributed by atoms with van der Waals surface area (Å²) >= 11 is 0. The Labute approximate surface area is 251 Å². The predicted octanol–water partition coefficient (Wildman–Crippen LogP) is 7.63. The van der Waals surface area contributed by atoms with Gasteiger partial charge in [-0.05, 0) is 81.5 Å². The Morgan fingerprint density at radius 3 is 2.36 bits per heavy atom. The van der Waals surface area contributed by atoms with Crippen LogP contribution in [0.4, 0.5) is 0 Å². The fraction of sp³-hybridized carbons (Fsp3) is 0.686. The first-order chi connectivity index (χ1) is 20.3. The number of aromatic amines is 2. The van der Waals surface area contributed by atoms with E-state index in [4.69, 9.17) is 0 Å². The number of benzene rings is 1. The molecule has 3 aromatic rings. The molecule has 2 aromatic heterocycles. The van der Waals surface area contributed by atoms with Crippen LogP contribution in [0, 0.1) is 11.8 Å². The molecule has 0 bridgehead atoms. The second-order valence-electron chi connectivity index (χ2n) is 13.1. The molecule has 7 nitrogen and oxygen atoms in total. The number of H-pyrrole nitrogens is 2. The van der Waals surface area contributed by atoms with E-state index in [0.29, 0.717) is 25.7 Å². The highest BCUT2D eigenvalue weighted by Gasteiger charge is 2.42. The number of unbranched alkanes of at least 4 members (excludes halogenated alkanes) is 7. The van der Waals surface area contributed by atoms with E-state index in [1.807, 2.05) is 6.20 Å². The van der Waals surface area contributed by atoms with Gasteiger partial charge in [0.1, 0.15) is 0 Å². The molecular weight excluding hydrogens is 528 g/mol. The van der Waals surface area contributed by atoms with E-state index in [1.54, 1.807) is 0 Å². The van der Waals surface area contributed by atoms with Gasteiger partial charge in [-0.1, -0.05) is 71.1 Å². The first-order valence-electron chi connectivity index (χ1n) is 16.7. The van der Waals surface area contributed by atoms with E-state index < -0.39 is 23.6 Å². The lowest BCUT2D eigenvalue weighted by Gasteiger charge is -2.32. The number of nitrogens with one attached hydrogen (secondary N) is 2. The van der Waals surface area contributed by atoms with Crippen LogP contribution in [0.5, 0.6) is 0 Å². The van der Waals surface area contributed by atoms with Crippen molar-refractivity contribution in [3.8, 4) is 0 Å². The molecule has 5 unspecified atom stereocenters. The molecule has 0 spiro atoms. The highest BCUT2D eigenvalue weighted by atomic mass is 16.4. The molecule has 5 atom stereocenters. The van der Waals surface area contributed by atoms with Crippen molar-refractivity contribution in [3.05, 3.63) is 36.2 Å². The summed E-state index contributed by atoms with van der Waals surface area (Å²) in [5, 5.41) is 44.8. The van der Waals surface area contributed by atoms with Crippen LogP contribution in [0.15, 0.2) is 30.5 Å². The molecule has 0 amide bonds. The molecule has 0 saturated heterocycles. The number of aliphatic carboxylic acids is 1. The lowest BCUT2D eigenvalue weighted by atomic mass is 9.81. The minimum Gasteiger partial charge on any atom is -0.481 e. The maximum absolute atomic E-state index is 12.0. The van der Waals surface area contributed by atoms with Gasteiger partial charge in [0, 0.05) is 33.7 Å². The third kappa shape index (κ3) is 9.08. The number of hydrogen-bond acceptors (Lipinski definition) is 4. The van der Waals surface area contributed by atoms with Crippen LogP contribution in [0.25, 0.3) is 21.8 Å². The van der Waals surface area contributed by atoms with Crippen LogP contribution in [0.3, 0.4) is 0 Å². The highest BCUT2D eigenvalue weighted by molar-refractivity contribution is 5.95. The zero-order chi connectivity index (χ0) is 30.0. The molecule has 7 heteroatoms. The van der Waals surface area contributed by atoms with Gasteiger partial charge in [0.25, 0.3) is 0 Å². The molecule has 0 aliphatic heterocycles. The molecule has 6 N–H and O–H groups in total. The summed E-state index contributed by atoms with van der Waals surface area (Å²) in [6.07, 6.45) is 16.5. The molecule has 1 aliphatic rings. The SMILES string of the molecule is CCCCCCCC(O)CCCCCCC(C(=O)O)C(O)CCC1(O)CCCC1Cc1cc2cc3cc[nH]c3cc2[nH]1. The fourth-order valence-electron chi connectivity index (χ4n) is 7.17. The Bertz CT molecular complexity index is 1190. The molecule has 4 rings (SSSR count). The number of carboxylic acids is 1. The summed E-state index contributed by atoms with van der Waals surface area (Å²) in [4.78, 5) is 18.8. The van der Waals surface area contributed by atoms with E-state index in [9.17, 15) is 25.2 Å². The Balaban J connectivity index is 1.18. The van der Waals surface area contributed by atoms with Crippen molar-refractivity contribution in [2.45, 2.75) is 140 Å². The highest BCUT2D eigenvalue weighted by Crippen LogP contribution is 2.42. The average molecular weight is 583 g/mol. The molecule has 2 heterocycles. The van der Waals surface area contributed by atoms with E-state index in [0.717, 1.165) is 86.3 Å². The predicted molar refractivity (Wildman–Crippen MR) is 170 cm³/mol. The monoisotopic (exact) mass is 582 g/mol. The Kier molecular flexibility index (Phi) is 12.3. The maximum atomic E-state index is 12.0. The number of carboxylic acid groups (broad SMARTS) is 1. The van der Waals surface area contributed by atoms with Gasteiger partial charge >= 0.3 is 5.97 Å². The van der Waals surface area contributed by atoms with Gasteiger partial charge in [0.2, 0.25) is 0 Å². The van der Waals surface area contributed by atoms with Gasteiger partial charge in [-0.25, -0.2) is 0 Å². The van der Waals surface area contributed by atoms with E-state index >= 15 is 0 Å². The first-order valence-corrected chi connectivity index (χ1v) is 16.7. The van der Waals surface area contributed by atoms with Crippen LogP contribution >= 0.6 is 0 Å². The van der Waals surface area contributed by atoms with Crippen molar-refractivity contribution in [1.82, 2.24) is 9.97 Å². The molecular formula is C35H54N2O5. The zero-order valence-corrected chi connectivity index (χ0v) is 25.6. The summed E-state index contributed by atoms with van der Waals surface area (Å²) in [6.45, 7) is 2.21. The van der Waals surface area contributed by atoms with Crippen LogP contribution in [-0.2, 0) is 11.2 Å². The Morgan fingerprint density at radius 1 is 0.929 bits per heavy atom. The quantitative estimate of drug-likeness (QED) is 0.0763. The van der Waals surface area contributed by atoms with Gasteiger partial charge in [0.15, 0.2) is 0 Å². The molecule has 1 aromatic carbocycles. The molecule has 1 saturated carbocycles. The van der Waals surface area contributed by atoms with Crippen molar-refractivity contribution < 1.29 is 25.2 Å². The lowest BCUT2D eigenvalue weighted by molar-refractivity contribution is -0.146. The first kappa shape index (κ1) is 32.6. The van der Waals surface area contributed by atoms with Gasteiger partial charge in [-0.3, -0.25) is 4.79 Å². The topological polar surface area (TPSA) is 130 Å². The van der Waals surface area contributed by atoms with Crippen LogP contribution in [0.2, 0.25) is 0 Å². The van der Waals surface area contributed by atoms with Crippen LogP contribution in [0.1, 0.15) is 122 Å². The molecule has 1 aliphatic carbocycles. The van der Waals surface area contributed by atoms with Crippen molar-refractivity contribution in [3.63, 3.8) is 0 Å². The largest absolute Gasteiger partial charge is 0.481 e. The zero-order valence-electron chi connectivity index (χ0n) is 25.6.